The number of hydrogen-bond acceptors (Lipinski definition) is 2. The van der Waals surface area contributed by atoms with E-state index in [4.69, 9.17) is 5.73 Å². The number of anilines is 1. The Kier molecular flexibility index (Phi) is 2.48. The molecular formula is C11H19N3. The third-order valence-electron chi connectivity index (χ3n) is 2.83. The molecule has 1 heterocycles. The smallest absolute Gasteiger partial charge is 0.148 e. The van der Waals surface area contributed by atoms with Gasteiger partial charge in [-0.15, -0.1) is 0 Å². The van der Waals surface area contributed by atoms with E-state index in [9.17, 15) is 0 Å². The zero-order chi connectivity index (χ0) is 10.1. The molecule has 3 heteroatoms. The molecule has 0 aromatic carbocycles. The molecule has 0 saturated carbocycles. The van der Waals surface area contributed by atoms with Gasteiger partial charge in [0.1, 0.15) is 5.82 Å². The zero-order valence-electron chi connectivity index (χ0n) is 9.08. The van der Waals surface area contributed by atoms with E-state index >= 15 is 0 Å². The van der Waals surface area contributed by atoms with E-state index in [-0.39, 0.29) is 0 Å². The highest BCUT2D eigenvalue weighted by atomic mass is 15.3. The van der Waals surface area contributed by atoms with Crippen molar-refractivity contribution in [2.75, 3.05) is 5.73 Å². The Bertz CT molecular complexity index is 326. The summed E-state index contributed by atoms with van der Waals surface area (Å²) in [7, 11) is 0. The van der Waals surface area contributed by atoms with Crippen molar-refractivity contribution in [2.45, 2.75) is 46.1 Å². The first-order valence-electron chi connectivity index (χ1n) is 5.52. The predicted octanol–water partition coefficient (Wildman–Crippen LogP) is 2.00. The van der Waals surface area contributed by atoms with Crippen molar-refractivity contribution >= 4 is 5.82 Å². The van der Waals surface area contributed by atoms with E-state index in [1.54, 1.807) is 0 Å². The normalized spacial score (nSPS) is 15.9. The zero-order valence-corrected chi connectivity index (χ0v) is 9.08. The Morgan fingerprint density at radius 1 is 1.36 bits per heavy atom. The standard InChI is InChI=1S/C11H19N3/c1-8(2)7-14-10-6-4-3-5-9(10)11(12)13-14/h8H,3-7H2,1-2H3,(H2,12,13). The molecule has 0 spiro atoms. The van der Waals surface area contributed by atoms with Crippen molar-refractivity contribution in [1.29, 1.82) is 0 Å². The molecular weight excluding hydrogens is 174 g/mol. The molecule has 1 aromatic rings. The van der Waals surface area contributed by atoms with Crippen LogP contribution in [0.1, 0.15) is 37.9 Å². The summed E-state index contributed by atoms with van der Waals surface area (Å²) in [6.45, 7) is 5.43. The van der Waals surface area contributed by atoms with Crippen molar-refractivity contribution in [2.24, 2.45) is 5.92 Å². The maximum absolute atomic E-state index is 5.91. The van der Waals surface area contributed by atoms with E-state index in [1.165, 1.54) is 24.1 Å². The van der Waals surface area contributed by atoms with Crippen molar-refractivity contribution < 1.29 is 0 Å². The summed E-state index contributed by atoms with van der Waals surface area (Å²) in [6, 6.07) is 0. The summed E-state index contributed by atoms with van der Waals surface area (Å²) < 4.78 is 2.12. The fourth-order valence-corrected chi connectivity index (χ4v) is 2.20. The van der Waals surface area contributed by atoms with Crippen molar-refractivity contribution in [3.05, 3.63) is 11.3 Å². The lowest BCUT2D eigenvalue weighted by Crippen LogP contribution is -2.12. The summed E-state index contributed by atoms with van der Waals surface area (Å²) in [6.07, 6.45) is 4.84. The molecule has 0 aliphatic heterocycles. The number of nitrogen functional groups attached to an aromatic ring is 1. The first-order chi connectivity index (χ1) is 6.68. The van der Waals surface area contributed by atoms with Gasteiger partial charge < -0.3 is 5.73 Å². The minimum absolute atomic E-state index is 0.639. The average Bonchev–Trinajstić information content (AvgIpc) is 2.44. The second-order valence-corrected chi connectivity index (χ2v) is 4.59. The predicted molar refractivity (Wildman–Crippen MR) is 58.1 cm³/mol. The highest BCUT2D eigenvalue weighted by molar-refractivity contribution is 5.43. The van der Waals surface area contributed by atoms with Crippen LogP contribution in [0.4, 0.5) is 5.82 Å². The molecule has 3 nitrogen and oxygen atoms in total. The maximum atomic E-state index is 5.91. The molecule has 0 atom stereocenters. The van der Waals surface area contributed by atoms with Crippen LogP contribution in [0.3, 0.4) is 0 Å². The molecule has 1 aliphatic carbocycles. The maximum Gasteiger partial charge on any atom is 0.148 e. The summed E-state index contributed by atoms with van der Waals surface area (Å²) in [5, 5.41) is 4.43. The number of aromatic nitrogens is 2. The second kappa shape index (κ2) is 3.64. The minimum atomic E-state index is 0.639. The summed E-state index contributed by atoms with van der Waals surface area (Å²) in [5.74, 6) is 1.40. The van der Waals surface area contributed by atoms with Gasteiger partial charge in [0.05, 0.1) is 0 Å². The number of nitrogens with zero attached hydrogens (tertiary/aromatic N) is 2. The van der Waals surface area contributed by atoms with Gasteiger partial charge in [0.15, 0.2) is 0 Å². The monoisotopic (exact) mass is 193 g/mol. The second-order valence-electron chi connectivity index (χ2n) is 4.59. The Balaban J connectivity index is 2.31. The summed E-state index contributed by atoms with van der Waals surface area (Å²) >= 11 is 0. The van der Waals surface area contributed by atoms with Gasteiger partial charge in [-0.25, -0.2) is 0 Å². The molecule has 14 heavy (non-hydrogen) atoms. The van der Waals surface area contributed by atoms with Crippen molar-refractivity contribution in [3.8, 4) is 0 Å². The number of hydrogen-bond donors (Lipinski definition) is 1. The van der Waals surface area contributed by atoms with Gasteiger partial charge in [-0.05, 0) is 31.6 Å². The summed E-state index contributed by atoms with van der Waals surface area (Å²) in [4.78, 5) is 0. The molecule has 0 fully saturated rings. The van der Waals surface area contributed by atoms with Crippen LogP contribution >= 0.6 is 0 Å². The van der Waals surface area contributed by atoms with Gasteiger partial charge in [-0.2, -0.15) is 5.10 Å². The number of rotatable bonds is 2. The number of nitrogens with two attached hydrogens (primary N) is 1. The van der Waals surface area contributed by atoms with E-state index in [0.29, 0.717) is 5.92 Å². The van der Waals surface area contributed by atoms with Gasteiger partial charge in [0, 0.05) is 17.8 Å². The first-order valence-corrected chi connectivity index (χ1v) is 5.52. The van der Waals surface area contributed by atoms with Gasteiger partial charge in [0.25, 0.3) is 0 Å². The molecule has 0 unspecified atom stereocenters. The Morgan fingerprint density at radius 2 is 2.07 bits per heavy atom. The van der Waals surface area contributed by atoms with Crippen LogP contribution in [0.25, 0.3) is 0 Å². The fraction of sp³-hybridized carbons (Fsp3) is 0.727. The van der Waals surface area contributed by atoms with E-state index in [1.807, 2.05) is 0 Å². The van der Waals surface area contributed by atoms with Crippen LogP contribution in [0.15, 0.2) is 0 Å². The summed E-state index contributed by atoms with van der Waals surface area (Å²) in [5.41, 5.74) is 8.61. The molecule has 2 N–H and O–H groups in total. The molecule has 0 radical (unpaired) electrons. The molecule has 0 saturated heterocycles. The third-order valence-corrected chi connectivity index (χ3v) is 2.83. The van der Waals surface area contributed by atoms with Gasteiger partial charge >= 0.3 is 0 Å². The van der Waals surface area contributed by atoms with Crippen molar-refractivity contribution in [3.63, 3.8) is 0 Å². The Morgan fingerprint density at radius 3 is 2.79 bits per heavy atom. The van der Waals surface area contributed by atoms with Crippen LogP contribution in [0.2, 0.25) is 0 Å². The lowest BCUT2D eigenvalue weighted by atomic mass is 9.97. The molecule has 2 rings (SSSR count). The lowest BCUT2D eigenvalue weighted by Gasteiger charge is -2.14. The van der Waals surface area contributed by atoms with E-state index in [2.05, 4.69) is 23.6 Å². The van der Waals surface area contributed by atoms with Crippen LogP contribution in [0.5, 0.6) is 0 Å². The highest BCUT2D eigenvalue weighted by Gasteiger charge is 2.19. The topological polar surface area (TPSA) is 43.8 Å². The van der Waals surface area contributed by atoms with Crippen LogP contribution < -0.4 is 5.73 Å². The quantitative estimate of drug-likeness (QED) is 0.780. The number of fused-ring (bicyclic) bond motifs is 1. The van der Waals surface area contributed by atoms with Crippen molar-refractivity contribution in [1.82, 2.24) is 9.78 Å². The van der Waals surface area contributed by atoms with Crippen LogP contribution in [0, 0.1) is 5.92 Å². The third kappa shape index (κ3) is 1.63. The average molecular weight is 193 g/mol. The fourth-order valence-electron chi connectivity index (χ4n) is 2.20. The van der Waals surface area contributed by atoms with Crippen LogP contribution in [-0.2, 0) is 19.4 Å². The van der Waals surface area contributed by atoms with Gasteiger partial charge in [-0.3, -0.25) is 4.68 Å². The molecule has 78 valence electrons. The molecule has 1 aliphatic rings. The first kappa shape index (κ1) is 9.56. The van der Waals surface area contributed by atoms with E-state index in [0.717, 1.165) is 25.2 Å². The molecule has 1 aromatic heterocycles. The van der Waals surface area contributed by atoms with Gasteiger partial charge in [-0.1, -0.05) is 13.8 Å². The Labute approximate surface area is 85.3 Å². The minimum Gasteiger partial charge on any atom is -0.382 e. The van der Waals surface area contributed by atoms with E-state index < -0.39 is 0 Å². The molecule has 0 bridgehead atoms. The largest absolute Gasteiger partial charge is 0.382 e. The van der Waals surface area contributed by atoms with Crippen LogP contribution in [-0.4, -0.2) is 9.78 Å². The Hall–Kier alpha value is -0.990. The SMILES string of the molecule is CC(C)Cn1nc(N)c2c1CCCC2. The van der Waals surface area contributed by atoms with Gasteiger partial charge in [0.2, 0.25) is 0 Å². The lowest BCUT2D eigenvalue weighted by molar-refractivity contribution is 0.461. The highest BCUT2D eigenvalue weighted by Crippen LogP contribution is 2.26. The molecule has 0 amide bonds.